The lowest BCUT2D eigenvalue weighted by atomic mass is 10.1. The summed E-state index contributed by atoms with van der Waals surface area (Å²) in [4.78, 5) is 0. The quantitative estimate of drug-likeness (QED) is 0.865. The average Bonchev–Trinajstić information content (AvgIpc) is 2.73. The number of aromatic nitrogens is 2. The second-order valence-corrected chi connectivity index (χ2v) is 4.81. The van der Waals surface area contributed by atoms with Crippen molar-refractivity contribution in [2.24, 2.45) is 7.05 Å². The number of ether oxygens (including phenoxy) is 1. The van der Waals surface area contributed by atoms with Gasteiger partial charge in [0.25, 0.3) is 0 Å². The average molecular weight is 344 g/mol. The lowest BCUT2D eigenvalue weighted by Gasteiger charge is -2.10. The molecule has 0 fully saturated rings. The Kier molecular flexibility index (Phi) is 4.01. The van der Waals surface area contributed by atoms with E-state index in [-0.39, 0.29) is 6.61 Å². The summed E-state index contributed by atoms with van der Waals surface area (Å²) in [7, 11) is 1.85. The fourth-order valence-corrected chi connectivity index (χ4v) is 2.24. The van der Waals surface area contributed by atoms with Crippen LogP contribution in [-0.4, -0.2) is 14.9 Å². The molecule has 0 spiro atoms. The fraction of sp³-hybridized carbons (Fsp3) is 0.250. The Morgan fingerprint density at radius 2 is 2.24 bits per heavy atom. The van der Waals surface area contributed by atoms with Crippen molar-refractivity contribution in [2.45, 2.75) is 13.2 Å². The predicted molar refractivity (Wildman–Crippen MR) is 72.6 cm³/mol. The van der Waals surface area contributed by atoms with Crippen LogP contribution in [0.15, 0.2) is 30.5 Å². The number of hydrogen-bond acceptors (Lipinski definition) is 3. The van der Waals surface area contributed by atoms with Crippen LogP contribution in [0.1, 0.15) is 11.1 Å². The molecule has 1 heterocycles. The molecule has 0 radical (unpaired) electrons. The SMILES string of the molecule is Cn1ccc(OCc2c(I)cccc2CO)n1. The Balaban J connectivity index is 2.13. The summed E-state index contributed by atoms with van der Waals surface area (Å²) in [5.74, 6) is 0.594. The molecule has 0 unspecified atom stereocenters. The molecule has 0 aliphatic heterocycles. The number of halogens is 1. The van der Waals surface area contributed by atoms with Gasteiger partial charge in [0.15, 0.2) is 0 Å². The van der Waals surface area contributed by atoms with Crippen LogP contribution in [-0.2, 0) is 20.3 Å². The molecule has 0 aliphatic rings. The summed E-state index contributed by atoms with van der Waals surface area (Å²) in [6.07, 6.45) is 1.83. The fourth-order valence-electron chi connectivity index (χ4n) is 1.53. The van der Waals surface area contributed by atoms with Crippen LogP contribution in [0.4, 0.5) is 0 Å². The van der Waals surface area contributed by atoms with Crippen molar-refractivity contribution in [3.8, 4) is 5.88 Å². The Bertz CT molecular complexity index is 511. The number of benzene rings is 1. The maximum Gasteiger partial charge on any atom is 0.233 e. The van der Waals surface area contributed by atoms with Crippen LogP contribution in [0.25, 0.3) is 0 Å². The zero-order valence-corrected chi connectivity index (χ0v) is 11.6. The van der Waals surface area contributed by atoms with Gasteiger partial charge in [-0.2, -0.15) is 0 Å². The first-order valence-electron chi connectivity index (χ1n) is 5.20. The Labute approximate surface area is 113 Å². The lowest BCUT2D eigenvalue weighted by Crippen LogP contribution is -2.03. The van der Waals surface area contributed by atoms with Crippen molar-refractivity contribution in [1.82, 2.24) is 9.78 Å². The summed E-state index contributed by atoms with van der Waals surface area (Å²) < 4.78 is 8.37. The maximum atomic E-state index is 9.27. The van der Waals surface area contributed by atoms with Gasteiger partial charge in [-0.1, -0.05) is 12.1 Å². The normalized spacial score (nSPS) is 10.5. The smallest absolute Gasteiger partial charge is 0.233 e. The van der Waals surface area contributed by atoms with E-state index in [2.05, 4.69) is 27.7 Å². The minimum atomic E-state index is 0.0255. The lowest BCUT2D eigenvalue weighted by molar-refractivity contribution is 0.264. The van der Waals surface area contributed by atoms with Gasteiger partial charge in [-0.15, -0.1) is 5.10 Å². The molecule has 2 aromatic rings. The van der Waals surface area contributed by atoms with Crippen molar-refractivity contribution < 1.29 is 9.84 Å². The molecule has 2 rings (SSSR count). The molecule has 0 saturated heterocycles. The third-order valence-electron chi connectivity index (χ3n) is 2.44. The van der Waals surface area contributed by atoms with E-state index >= 15 is 0 Å². The molecule has 1 N–H and O–H groups in total. The number of nitrogens with zero attached hydrogens (tertiary/aromatic N) is 2. The summed E-state index contributed by atoms with van der Waals surface area (Å²) in [5.41, 5.74) is 1.91. The predicted octanol–water partition coefficient (Wildman–Crippen LogP) is 2.10. The summed E-state index contributed by atoms with van der Waals surface area (Å²) in [5, 5.41) is 13.4. The van der Waals surface area contributed by atoms with Crippen LogP contribution >= 0.6 is 22.6 Å². The van der Waals surface area contributed by atoms with Crippen molar-refractivity contribution in [1.29, 1.82) is 0 Å². The van der Waals surface area contributed by atoms with E-state index in [1.165, 1.54) is 0 Å². The molecule has 0 amide bonds. The van der Waals surface area contributed by atoms with Gasteiger partial charge in [0.2, 0.25) is 5.88 Å². The van der Waals surface area contributed by atoms with Crippen LogP contribution < -0.4 is 4.74 Å². The summed E-state index contributed by atoms with van der Waals surface area (Å²) in [6, 6.07) is 7.64. The third kappa shape index (κ3) is 2.98. The summed E-state index contributed by atoms with van der Waals surface area (Å²) in [6.45, 7) is 0.448. The highest BCUT2D eigenvalue weighted by atomic mass is 127. The van der Waals surface area contributed by atoms with E-state index < -0.39 is 0 Å². The number of aliphatic hydroxyl groups excluding tert-OH is 1. The van der Waals surface area contributed by atoms with E-state index in [4.69, 9.17) is 4.74 Å². The Morgan fingerprint density at radius 1 is 1.41 bits per heavy atom. The highest BCUT2D eigenvalue weighted by Gasteiger charge is 2.07. The topological polar surface area (TPSA) is 47.3 Å². The van der Waals surface area contributed by atoms with E-state index in [0.29, 0.717) is 12.5 Å². The molecule has 1 aromatic heterocycles. The van der Waals surface area contributed by atoms with E-state index in [0.717, 1.165) is 14.7 Å². The highest BCUT2D eigenvalue weighted by Crippen LogP contribution is 2.19. The molecule has 4 nitrogen and oxygen atoms in total. The van der Waals surface area contributed by atoms with Gasteiger partial charge in [0, 0.05) is 28.4 Å². The minimum absolute atomic E-state index is 0.0255. The minimum Gasteiger partial charge on any atom is -0.472 e. The van der Waals surface area contributed by atoms with Gasteiger partial charge in [-0.25, -0.2) is 0 Å². The molecule has 0 bridgehead atoms. The zero-order chi connectivity index (χ0) is 12.3. The summed E-state index contributed by atoms with van der Waals surface area (Å²) >= 11 is 2.24. The van der Waals surface area contributed by atoms with Gasteiger partial charge >= 0.3 is 0 Å². The first-order valence-corrected chi connectivity index (χ1v) is 6.28. The Hall–Kier alpha value is -1.08. The van der Waals surface area contributed by atoms with Crippen molar-refractivity contribution >= 4 is 22.6 Å². The van der Waals surface area contributed by atoms with Crippen LogP contribution in [0.5, 0.6) is 5.88 Å². The van der Waals surface area contributed by atoms with E-state index in [1.54, 1.807) is 4.68 Å². The van der Waals surface area contributed by atoms with Gasteiger partial charge in [0.1, 0.15) is 6.61 Å². The molecule has 17 heavy (non-hydrogen) atoms. The Morgan fingerprint density at radius 3 is 2.88 bits per heavy atom. The van der Waals surface area contributed by atoms with Crippen molar-refractivity contribution in [2.75, 3.05) is 0 Å². The molecule has 1 aromatic carbocycles. The first-order chi connectivity index (χ1) is 8.20. The van der Waals surface area contributed by atoms with E-state index in [1.807, 2.05) is 37.5 Å². The second kappa shape index (κ2) is 5.50. The zero-order valence-electron chi connectivity index (χ0n) is 9.43. The highest BCUT2D eigenvalue weighted by molar-refractivity contribution is 14.1. The molecule has 0 atom stereocenters. The van der Waals surface area contributed by atoms with Crippen molar-refractivity contribution in [3.63, 3.8) is 0 Å². The first kappa shape index (κ1) is 12.4. The van der Waals surface area contributed by atoms with Crippen LogP contribution in [0, 0.1) is 3.57 Å². The molecular formula is C12H13IN2O2. The number of rotatable bonds is 4. The standard InChI is InChI=1S/C12H13IN2O2/c1-15-6-5-12(14-15)17-8-10-9(7-16)3-2-4-11(10)13/h2-6,16H,7-8H2,1H3. The van der Waals surface area contributed by atoms with Gasteiger partial charge in [0.05, 0.1) is 6.61 Å². The molecular weight excluding hydrogens is 331 g/mol. The third-order valence-corrected chi connectivity index (χ3v) is 3.45. The van der Waals surface area contributed by atoms with Crippen LogP contribution in [0.3, 0.4) is 0 Å². The maximum absolute atomic E-state index is 9.27. The largest absolute Gasteiger partial charge is 0.472 e. The van der Waals surface area contributed by atoms with Gasteiger partial charge in [-0.05, 0) is 34.2 Å². The second-order valence-electron chi connectivity index (χ2n) is 3.65. The number of aryl methyl sites for hydroxylation is 1. The molecule has 90 valence electrons. The van der Waals surface area contributed by atoms with Crippen molar-refractivity contribution in [3.05, 3.63) is 45.2 Å². The molecule has 5 heteroatoms. The molecule has 0 saturated carbocycles. The monoisotopic (exact) mass is 344 g/mol. The number of hydrogen-bond donors (Lipinski definition) is 1. The number of aliphatic hydroxyl groups is 1. The molecule has 0 aliphatic carbocycles. The van der Waals surface area contributed by atoms with E-state index in [9.17, 15) is 5.11 Å². The van der Waals surface area contributed by atoms with Gasteiger partial charge in [-0.3, -0.25) is 4.68 Å². The van der Waals surface area contributed by atoms with Gasteiger partial charge < -0.3 is 9.84 Å². The van der Waals surface area contributed by atoms with Crippen LogP contribution in [0.2, 0.25) is 0 Å².